The number of aromatic nitrogens is 1. The molecule has 1 atom stereocenters. The van der Waals surface area contributed by atoms with E-state index in [0.717, 1.165) is 48.7 Å². The summed E-state index contributed by atoms with van der Waals surface area (Å²) in [6, 6.07) is 3.89. The largest absolute Gasteiger partial charge is 0.367 e. The number of hydrogen-bond acceptors (Lipinski definition) is 4. The first kappa shape index (κ1) is 19.5. The van der Waals surface area contributed by atoms with Crippen LogP contribution in [0.5, 0.6) is 0 Å². The highest BCUT2D eigenvalue weighted by Crippen LogP contribution is 2.24. The Hall–Kier alpha value is -2.22. The Morgan fingerprint density at radius 1 is 1.41 bits per heavy atom. The van der Waals surface area contributed by atoms with Crippen LogP contribution < -0.4 is 15.5 Å². The summed E-state index contributed by atoms with van der Waals surface area (Å²) >= 11 is 1.65. The molecule has 3 rings (SSSR count). The zero-order valence-corrected chi connectivity index (χ0v) is 16.5. The van der Waals surface area contributed by atoms with Crippen molar-refractivity contribution in [1.82, 2.24) is 15.6 Å². The van der Waals surface area contributed by atoms with E-state index in [2.05, 4.69) is 26.0 Å². The molecular weight excluding hydrogens is 368 g/mol. The maximum Gasteiger partial charge on any atom is 0.191 e. The molecule has 1 aromatic heterocycles. The molecule has 2 heterocycles. The first-order chi connectivity index (χ1) is 13.0. The van der Waals surface area contributed by atoms with E-state index in [1.807, 2.05) is 18.7 Å². The molecule has 1 aliphatic heterocycles. The number of aliphatic imine (C=N–C) groups is 1. The quantitative estimate of drug-likeness (QED) is 0.585. The van der Waals surface area contributed by atoms with Gasteiger partial charge in [0, 0.05) is 50.1 Å². The fourth-order valence-corrected chi connectivity index (χ4v) is 3.80. The number of anilines is 1. The summed E-state index contributed by atoms with van der Waals surface area (Å²) in [4.78, 5) is 11.0. The third-order valence-corrected chi connectivity index (χ3v) is 5.25. The summed E-state index contributed by atoms with van der Waals surface area (Å²) in [6.45, 7) is 6.82. The number of hydrogen-bond donors (Lipinski definition) is 2. The lowest BCUT2D eigenvalue weighted by molar-refractivity contribution is 0.580. The third kappa shape index (κ3) is 5.38. The van der Waals surface area contributed by atoms with Crippen LogP contribution in [0.25, 0.3) is 0 Å². The van der Waals surface area contributed by atoms with Gasteiger partial charge in [-0.1, -0.05) is 0 Å². The lowest BCUT2D eigenvalue weighted by Crippen LogP contribution is -2.44. The Labute approximate surface area is 162 Å². The zero-order valence-electron chi connectivity index (χ0n) is 15.6. The zero-order chi connectivity index (χ0) is 19.2. The van der Waals surface area contributed by atoms with Crippen LogP contribution in [0, 0.1) is 18.6 Å². The van der Waals surface area contributed by atoms with Crippen molar-refractivity contribution in [2.75, 3.05) is 31.1 Å². The van der Waals surface area contributed by atoms with Crippen LogP contribution in [-0.2, 0) is 6.42 Å². The van der Waals surface area contributed by atoms with Crippen LogP contribution in [-0.4, -0.2) is 43.2 Å². The molecule has 1 unspecified atom stereocenters. The van der Waals surface area contributed by atoms with Gasteiger partial charge in [-0.3, -0.25) is 4.99 Å². The van der Waals surface area contributed by atoms with Gasteiger partial charge in [0.15, 0.2) is 5.96 Å². The van der Waals surface area contributed by atoms with E-state index in [4.69, 9.17) is 0 Å². The van der Waals surface area contributed by atoms with Crippen LogP contribution >= 0.6 is 11.3 Å². The van der Waals surface area contributed by atoms with E-state index < -0.39 is 11.6 Å². The average molecular weight is 394 g/mol. The molecule has 2 N–H and O–H groups in total. The van der Waals surface area contributed by atoms with Gasteiger partial charge < -0.3 is 15.5 Å². The number of benzene rings is 1. The standard InChI is InChI=1S/C19H25F2N5S/c1-3-22-19(23-8-6-16-12-27-13(2)24-16)25-15-7-9-26(11-15)18-5-4-14(20)10-17(18)21/h4-5,10,12,15H,3,6-9,11H2,1-2H3,(H2,22,23,25). The molecule has 2 aromatic rings. The molecule has 0 amide bonds. The first-order valence-electron chi connectivity index (χ1n) is 9.21. The fourth-order valence-electron chi connectivity index (χ4n) is 3.15. The summed E-state index contributed by atoms with van der Waals surface area (Å²) in [6.07, 6.45) is 1.67. The highest BCUT2D eigenvalue weighted by molar-refractivity contribution is 7.09. The average Bonchev–Trinajstić information content (AvgIpc) is 3.24. The number of halogens is 2. The maximum absolute atomic E-state index is 14.0. The molecule has 5 nitrogen and oxygen atoms in total. The highest BCUT2D eigenvalue weighted by Gasteiger charge is 2.25. The smallest absolute Gasteiger partial charge is 0.191 e. The second-order valence-electron chi connectivity index (χ2n) is 6.54. The lowest BCUT2D eigenvalue weighted by atomic mass is 10.2. The summed E-state index contributed by atoms with van der Waals surface area (Å²) in [7, 11) is 0. The van der Waals surface area contributed by atoms with Crippen LogP contribution in [0.15, 0.2) is 28.6 Å². The van der Waals surface area contributed by atoms with Gasteiger partial charge in [0.1, 0.15) is 11.6 Å². The Morgan fingerprint density at radius 2 is 2.26 bits per heavy atom. The van der Waals surface area contributed by atoms with E-state index >= 15 is 0 Å². The molecule has 1 saturated heterocycles. The monoisotopic (exact) mass is 393 g/mol. The van der Waals surface area contributed by atoms with Gasteiger partial charge in [-0.15, -0.1) is 11.3 Å². The summed E-state index contributed by atoms with van der Waals surface area (Å²) in [5.74, 6) is -0.312. The predicted octanol–water partition coefficient (Wildman–Crippen LogP) is 3.11. The van der Waals surface area contributed by atoms with Crippen molar-refractivity contribution in [3.63, 3.8) is 0 Å². The fraction of sp³-hybridized carbons (Fsp3) is 0.474. The molecule has 0 bridgehead atoms. The maximum atomic E-state index is 14.0. The molecule has 1 aliphatic rings. The van der Waals surface area contributed by atoms with E-state index in [9.17, 15) is 8.78 Å². The number of guanidine groups is 1. The molecule has 146 valence electrons. The van der Waals surface area contributed by atoms with Crippen LogP contribution in [0.2, 0.25) is 0 Å². The van der Waals surface area contributed by atoms with Gasteiger partial charge in [0.25, 0.3) is 0 Å². The van der Waals surface area contributed by atoms with Crippen LogP contribution in [0.4, 0.5) is 14.5 Å². The first-order valence-corrected chi connectivity index (χ1v) is 10.1. The summed E-state index contributed by atoms with van der Waals surface area (Å²) in [5.41, 5.74) is 1.51. The van der Waals surface area contributed by atoms with Crippen molar-refractivity contribution in [1.29, 1.82) is 0 Å². The van der Waals surface area contributed by atoms with Gasteiger partial charge >= 0.3 is 0 Å². The van der Waals surface area contributed by atoms with E-state index in [0.29, 0.717) is 18.8 Å². The van der Waals surface area contributed by atoms with Crippen LogP contribution in [0.3, 0.4) is 0 Å². The third-order valence-electron chi connectivity index (χ3n) is 4.43. The van der Waals surface area contributed by atoms with Gasteiger partial charge in [0.05, 0.1) is 16.4 Å². The number of thiazole rings is 1. The van der Waals surface area contributed by atoms with Gasteiger partial charge in [-0.05, 0) is 32.4 Å². The van der Waals surface area contributed by atoms with E-state index in [1.165, 1.54) is 12.1 Å². The predicted molar refractivity (Wildman–Crippen MR) is 107 cm³/mol. The molecule has 27 heavy (non-hydrogen) atoms. The molecule has 1 aromatic carbocycles. The van der Waals surface area contributed by atoms with Crippen molar-refractivity contribution in [2.24, 2.45) is 4.99 Å². The minimum atomic E-state index is -0.554. The second kappa shape index (κ2) is 9.12. The Kier molecular flexibility index (Phi) is 6.60. The number of nitrogens with zero attached hydrogens (tertiary/aromatic N) is 3. The minimum absolute atomic E-state index is 0.161. The van der Waals surface area contributed by atoms with Crippen molar-refractivity contribution in [2.45, 2.75) is 32.7 Å². The SMILES string of the molecule is CCNC(=NCCc1csc(C)n1)NC1CCN(c2ccc(F)cc2F)C1. The molecule has 8 heteroatoms. The molecular formula is C19H25F2N5S. The summed E-state index contributed by atoms with van der Waals surface area (Å²) < 4.78 is 27.1. The topological polar surface area (TPSA) is 52.6 Å². The Morgan fingerprint density at radius 3 is 2.96 bits per heavy atom. The number of nitrogens with one attached hydrogen (secondary N) is 2. The summed E-state index contributed by atoms with van der Waals surface area (Å²) in [5, 5.41) is 9.81. The molecule has 0 aliphatic carbocycles. The molecule has 0 spiro atoms. The van der Waals surface area contributed by atoms with E-state index in [-0.39, 0.29) is 6.04 Å². The van der Waals surface area contributed by atoms with Crippen molar-refractivity contribution >= 4 is 23.0 Å². The van der Waals surface area contributed by atoms with Crippen molar-refractivity contribution in [3.8, 4) is 0 Å². The normalized spacial score (nSPS) is 17.4. The highest BCUT2D eigenvalue weighted by atomic mass is 32.1. The Bertz CT molecular complexity index is 792. The van der Waals surface area contributed by atoms with Crippen LogP contribution in [0.1, 0.15) is 24.0 Å². The van der Waals surface area contributed by atoms with E-state index in [1.54, 1.807) is 11.3 Å². The number of rotatable bonds is 6. The van der Waals surface area contributed by atoms with Gasteiger partial charge in [-0.2, -0.15) is 0 Å². The van der Waals surface area contributed by atoms with Gasteiger partial charge in [-0.25, -0.2) is 13.8 Å². The lowest BCUT2D eigenvalue weighted by Gasteiger charge is -2.21. The van der Waals surface area contributed by atoms with Gasteiger partial charge in [0.2, 0.25) is 0 Å². The Balaban J connectivity index is 1.55. The molecule has 1 fully saturated rings. The molecule has 0 radical (unpaired) electrons. The minimum Gasteiger partial charge on any atom is -0.367 e. The number of aryl methyl sites for hydroxylation is 1. The van der Waals surface area contributed by atoms with Crippen molar-refractivity contribution < 1.29 is 8.78 Å². The second-order valence-corrected chi connectivity index (χ2v) is 7.60. The molecule has 0 saturated carbocycles. The van der Waals surface area contributed by atoms with Crippen molar-refractivity contribution in [3.05, 3.63) is 45.9 Å².